The van der Waals surface area contributed by atoms with Gasteiger partial charge in [0.25, 0.3) is 0 Å². The summed E-state index contributed by atoms with van der Waals surface area (Å²) in [7, 11) is 0. The van der Waals surface area contributed by atoms with Crippen LogP contribution in [0.4, 0.5) is 4.39 Å². The van der Waals surface area contributed by atoms with E-state index in [0.717, 1.165) is 38.5 Å². The number of hydrogen-bond donors (Lipinski definition) is 0. The second-order valence-corrected chi connectivity index (χ2v) is 7.83. The van der Waals surface area contributed by atoms with Crippen molar-refractivity contribution >= 4 is 5.97 Å². The van der Waals surface area contributed by atoms with Crippen molar-refractivity contribution in [2.45, 2.75) is 58.2 Å². The summed E-state index contributed by atoms with van der Waals surface area (Å²) in [6.45, 7) is 3.71. The molecule has 1 aromatic rings. The Labute approximate surface area is 165 Å². The van der Waals surface area contributed by atoms with Crippen LogP contribution in [-0.2, 0) is 14.3 Å². The predicted molar refractivity (Wildman–Crippen MR) is 101 cm³/mol. The highest BCUT2D eigenvalue weighted by molar-refractivity contribution is 5.75. The van der Waals surface area contributed by atoms with Crippen molar-refractivity contribution in [1.29, 1.82) is 5.26 Å². The molecule has 1 saturated carbocycles. The highest BCUT2D eigenvalue weighted by atomic mass is 19.1. The Kier molecular flexibility index (Phi) is 7.41. The molecule has 0 bridgehead atoms. The van der Waals surface area contributed by atoms with Crippen LogP contribution in [-0.4, -0.2) is 25.5 Å². The normalized spacial score (nSPS) is 27.8. The average molecular weight is 389 g/mol. The number of esters is 1. The van der Waals surface area contributed by atoms with E-state index in [1.807, 2.05) is 0 Å². The van der Waals surface area contributed by atoms with Gasteiger partial charge in [0.2, 0.25) is 0 Å². The van der Waals surface area contributed by atoms with Crippen LogP contribution in [0.25, 0.3) is 0 Å². The highest BCUT2D eigenvalue weighted by Crippen LogP contribution is 2.35. The first-order valence-corrected chi connectivity index (χ1v) is 10.2. The standard InChI is InChI=1S/C22H28FNO4/c1-2-3-4-15-13-26-22(27-14-15)17-7-5-16(6-8-17)21(25)28-19-10-9-18(12-24)20(23)11-19/h9-11,15-17,22H,2-8,13-14H2,1H3. The molecule has 28 heavy (non-hydrogen) atoms. The van der Waals surface area contributed by atoms with Gasteiger partial charge in [-0.1, -0.05) is 19.8 Å². The minimum atomic E-state index is -0.680. The van der Waals surface area contributed by atoms with Crippen molar-refractivity contribution in [3.05, 3.63) is 29.6 Å². The molecule has 152 valence electrons. The fourth-order valence-corrected chi connectivity index (χ4v) is 3.97. The quantitative estimate of drug-likeness (QED) is 0.526. The number of halogens is 1. The lowest BCUT2D eigenvalue weighted by molar-refractivity contribution is -0.230. The van der Waals surface area contributed by atoms with Crippen LogP contribution < -0.4 is 4.74 Å². The molecule has 0 amide bonds. The number of nitrogens with zero attached hydrogens (tertiary/aromatic N) is 1. The van der Waals surface area contributed by atoms with Crippen molar-refractivity contribution in [2.24, 2.45) is 17.8 Å². The van der Waals surface area contributed by atoms with Crippen molar-refractivity contribution < 1.29 is 23.4 Å². The lowest BCUT2D eigenvalue weighted by atomic mass is 9.81. The molecule has 2 fully saturated rings. The molecule has 0 radical (unpaired) electrons. The molecule has 0 aromatic heterocycles. The molecule has 5 nitrogen and oxygen atoms in total. The van der Waals surface area contributed by atoms with E-state index in [-0.39, 0.29) is 29.5 Å². The maximum atomic E-state index is 13.7. The van der Waals surface area contributed by atoms with E-state index >= 15 is 0 Å². The summed E-state index contributed by atoms with van der Waals surface area (Å²) in [5, 5.41) is 8.76. The Bertz CT molecular complexity index is 701. The summed E-state index contributed by atoms with van der Waals surface area (Å²) in [5.74, 6) is -0.275. The van der Waals surface area contributed by atoms with Gasteiger partial charge in [0, 0.05) is 17.9 Å². The molecular formula is C22H28FNO4. The third-order valence-corrected chi connectivity index (χ3v) is 5.73. The highest BCUT2D eigenvalue weighted by Gasteiger charge is 2.35. The summed E-state index contributed by atoms with van der Waals surface area (Å²) in [4.78, 5) is 12.4. The zero-order chi connectivity index (χ0) is 19.9. The third kappa shape index (κ3) is 5.30. The number of carbonyl (C=O) groups is 1. The van der Waals surface area contributed by atoms with E-state index in [2.05, 4.69) is 6.92 Å². The minimum absolute atomic E-state index is 0.0651. The van der Waals surface area contributed by atoms with Gasteiger partial charge < -0.3 is 14.2 Å². The van der Waals surface area contributed by atoms with E-state index in [1.54, 1.807) is 6.07 Å². The van der Waals surface area contributed by atoms with Crippen molar-refractivity contribution in [1.82, 2.24) is 0 Å². The lowest BCUT2D eigenvalue weighted by Gasteiger charge is -2.37. The maximum Gasteiger partial charge on any atom is 0.314 e. The Morgan fingerprint density at radius 1 is 1.25 bits per heavy atom. The van der Waals surface area contributed by atoms with Gasteiger partial charge in [0.1, 0.15) is 17.6 Å². The Hall–Kier alpha value is -1.97. The molecule has 1 saturated heterocycles. The molecule has 3 rings (SSSR count). The number of ether oxygens (including phenoxy) is 3. The van der Waals surface area contributed by atoms with Gasteiger partial charge in [-0.25, -0.2) is 4.39 Å². The molecule has 6 heteroatoms. The Balaban J connectivity index is 1.43. The monoisotopic (exact) mass is 389 g/mol. The minimum Gasteiger partial charge on any atom is -0.426 e. The van der Waals surface area contributed by atoms with Crippen molar-refractivity contribution in [2.75, 3.05) is 13.2 Å². The molecule has 2 aliphatic rings. The smallest absolute Gasteiger partial charge is 0.314 e. The first kappa shape index (κ1) is 20.8. The Morgan fingerprint density at radius 3 is 2.57 bits per heavy atom. The summed E-state index contributed by atoms with van der Waals surface area (Å²) in [5.41, 5.74) is -0.0651. The van der Waals surface area contributed by atoms with Crippen LogP contribution in [0.5, 0.6) is 5.75 Å². The molecule has 1 aliphatic heterocycles. The number of carbonyl (C=O) groups excluding carboxylic acids is 1. The van der Waals surface area contributed by atoms with Crippen molar-refractivity contribution in [3.63, 3.8) is 0 Å². The van der Waals surface area contributed by atoms with Crippen LogP contribution in [0.3, 0.4) is 0 Å². The first-order valence-electron chi connectivity index (χ1n) is 10.2. The average Bonchev–Trinajstić information content (AvgIpc) is 2.73. The first-order chi connectivity index (χ1) is 13.6. The number of hydrogen-bond acceptors (Lipinski definition) is 5. The molecular weight excluding hydrogens is 361 g/mol. The number of unbranched alkanes of at least 4 members (excludes halogenated alkanes) is 1. The number of nitriles is 1. The molecule has 1 aromatic carbocycles. The maximum absolute atomic E-state index is 13.7. The van der Waals surface area contributed by atoms with Crippen LogP contribution >= 0.6 is 0 Å². The van der Waals surface area contributed by atoms with Crippen LogP contribution in [0, 0.1) is 34.9 Å². The van der Waals surface area contributed by atoms with Gasteiger partial charge in [0.05, 0.1) is 24.7 Å². The van der Waals surface area contributed by atoms with Crippen LogP contribution in [0.1, 0.15) is 57.4 Å². The predicted octanol–water partition coefficient (Wildman–Crippen LogP) is 4.59. The molecule has 0 N–H and O–H groups in total. The molecule has 1 aliphatic carbocycles. The zero-order valence-electron chi connectivity index (χ0n) is 16.4. The summed E-state index contributed by atoms with van der Waals surface area (Å²) in [6, 6.07) is 5.60. The zero-order valence-corrected chi connectivity index (χ0v) is 16.4. The van der Waals surface area contributed by atoms with E-state index < -0.39 is 5.82 Å². The van der Waals surface area contributed by atoms with Gasteiger partial charge in [0.15, 0.2) is 6.29 Å². The molecule has 0 unspecified atom stereocenters. The van der Waals surface area contributed by atoms with E-state index in [0.29, 0.717) is 24.7 Å². The van der Waals surface area contributed by atoms with Gasteiger partial charge >= 0.3 is 5.97 Å². The van der Waals surface area contributed by atoms with Gasteiger partial charge in [-0.05, 0) is 44.2 Å². The van der Waals surface area contributed by atoms with E-state index in [1.165, 1.54) is 25.0 Å². The largest absolute Gasteiger partial charge is 0.426 e. The molecule has 1 heterocycles. The third-order valence-electron chi connectivity index (χ3n) is 5.73. The fraction of sp³-hybridized carbons (Fsp3) is 0.636. The van der Waals surface area contributed by atoms with Gasteiger partial charge in [-0.3, -0.25) is 4.79 Å². The van der Waals surface area contributed by atoms with Crippen LogP contribution in [0.15, 0.2) is 18.2 Å². The Morgan fingerprint density at radius 2 is 1.96 bits per heavy atom. The summed E-state index contributed by atoms with van der Waals surface area (Å²) >= 11 is 0. The summed E-state index contributed by atoms with van der Waals surface area (Å²) < 4.78 is 30.9. The summed E-state index contributed by atoms with van der Waals surface area (Å²) in [6.07, 6.45) is 6.51. The second kappa shape index (κ2) is 9.99. The topological polar surface area (TPSA) is 68.5 Å². The van der Waals surface area contributed by atoms with Gasteiger partial charge in [-0.15, -0.1) is 0 Å². The molecule has 0 atom stereocenters. The van der Waals surface area contributed by atoms with Crippen molar-refractivity contribution in [3.8, 4) is 11.8 Å². The van der Waals surface area contributed by atoms with E-state index in [4.69, 9.17) is 19.5 Å². The van der Waals surface area contributed by atoms with E-state index in [9.17, 15) is 9.18 Å². The van der Waals surface area contributed by atoms with Gasteiger partial charge in [-0.2, -0.15) is 5.26 Å². The lowest BCUT2D eigenvalue weighted by Crippen LogP contribution is -2.39. The fourth-order valence-electron chi connectivity index (χ4n) is 3.97. The number of rotatable bonds is 6. The second-order valence-electron chi connectivity index (χ2n) is 7.83. The van der Waals surface area contributed by atoms with Crippen LogP contribution in [0.2, 0.25) is 0 Å². The SMILES string of the molecule is CCCCC1COC(C2CCC(C(=O)Oc3ccc(C#N)c(F)c3)CC2)OC1. The molecule has 0 spiro atoms. The number of benzene rings is 1.